The number of carbonyl (C=O) groups excluding carboxylic acids is 4. The van der Waals surface area contributed by atoms with Crippen molar-refractivity contribution in [2.45, 2.75) is 63.6 Å². The molecule has 0 saturated carbocycles. The number of benzene rings is 3. The van der Waals surface area contributed by atoms with E-state index in [2.05, 4.69) is 16.0 Å². The molecule has 10 heteroatoms. The van der Waals surface area contributed by atoms with Gasteiger partial charge >= 0.3 is 6.03 Å². The number of amides is 4. The molecule has 43 heavy (non-hydrogen) atoms. The monoisotopic (exact) mass is 602 g/mol. The number of rotatable bonds is 10. The highest BCUT2D eigenvalue weighted by Crippen LogP contribution is 2.40. The quantitative estimate of drug-likeness (QED) is 0.257. The van der Waals surface area contributed by atoms with Gasteiger partial charge in [-0.25, -0.2) is 4.79 Å². The molecule has 3 aromatic carbocycles. The van der Waals surface area contributed by atoms with Crippen LogP contribution < -0.4 is 16.0 Å². The first-order valence-electron chi connectivity index (χ1n) is 14.1. The van der Waals surface area contributed by atoms with Crippen molar-refractivity contribution in [1.82, 2.24) is 15.5 Å². The molecule has 226 valence electrons. The number of aliphatic hydroxyl groups excluding tert-OH is 1. The van der Waals surface area contributed by atoms with Crippen molar-refractivity contribution in [2.75, 3.05) is 11.2 Å². The minimum absolute atomic E-state index is 0.143. The van der Waals surface area contributed by atoms with Gasteiger partial charge in [0.15, 0.2) is 11.9 Å². The van der Waals surface area contributed by atoms with E-state index in [1.807, 2.05) is 75.4 Å². The average Bonchev–Trinajstić information content (AvgIpc) is 3.30. The zero-order chi connectivity index (χ0) is 31.1. The van der Waals surface area contributed by atoms with Crippen molar-refractivity contribution in [3.8, 4) is 0 Å². The van der Waals surface area contributed by atoms with Gasteiger partial charge in [0.05, 0.1) is 11.9 Å². The van der Waals surface area contributed by atoms with Crippen LogP contribution >= 0.6 is 11.8 Å². The van der Waals surface area contributed by atoms with Crippen LogP contribution in [-0.2, 0) is 22.6 Å². The van der Waals surface area contributed by atoms with E-state index in [1.165, 1.54) is 23.6 Å². The summed E-state index contributed by atoms with van der Waals surface area (Å²) in [6.07, 6.45) is -1.46. The molecule has 9 nitrogen and oxygen atoms in total. The van der Waals surface area contributed by atoms with Crippen LogP contribution in [0.1, 0.15) is 47.8 Å². The van der Waals surface area contributed by atoms with Gasteiger partial charge in [0.25, 0.3) is 5.91 Å². The van der Waals surface area contributed by atoms with Crippen LogP contribution in [0.2, 0.25) is 0 Å². The number of nitrogens with zero attached hydrogens (tertiary/aromatic N) is 1. The van der Waals surface area contributed by atoms with Crippen LogP contribution in [0.5, 0.6) is 0 Å². The van der Waals surface area contributed by atoms with Crippen molar-refractivity contribution in [3.05, 3.63) is 101 Å². The largest absolute Gasteiger partial charge is 0.381 e. The fourth-order valence-corrected chi connectivity index (χ4v) is 6.24. The van der Waals surface area contributed by atoms with Crippen molar-refractivity contribution < 1.29 is 24.3 Å². The number of ketones is 1. The Balaban J connectivity index is 1.52. The van der Waals surface area contributed by atoms with Gasteiger partial charge in [-0.3, -0.25) is 14.4 Å². The Kier molecular flexibility index (Phi) is 10.3. The molecule has 4 N–H and O–H groups in total. The van der Waals surface area contributed by atoms with E-state index < -0.39 is 34.9 Å². The molecule has 0 bridgehead atoms. The zero-order valence-electron chi connectivity index (χ0n) is 24.8. The van der Waals surface area contributed by atoms with Gasteiger partial charge < -0.3 is 26.0 Å². The van der Waals surface area contributed by atoms with E-state index in [0.717, 1.165) is 16.7 Å². The standard InChI is InChI=1S/C33H38N4O5S/c1-21-11-8-9-14-25(21)19-34-30(40)29-33(3,4)43-20-37(29)31(41)28(39)27(17-23-12-6-5-7-13-23)36-32(42)35-26-16-10-15-24(18-26)22(2)38/h5-16,18,27-29,39H,17,19-20H2,1-4H3,(H,34,40)(H2,35,36,42). The fraction of sp³-hybridized carbons (Fsp3) is 0.333. The molecule has 1 fully saturated rings. The second-order valence-electron chi connectivity index (χ2n) is 11.2. The molecule has 3 atom stereocenters. The van der Waals surface area contributed by atoms with E-state index in [-0.39, 0.29) is 24.0 Å². The number of carbonyl (C=O) groups is 4. The van der Waals surface area contributed by atoms with E-state index >= 15 is 0 Å². The molecule has 1 saturated heterocycles. The predicted octanol–water partition coefficient (Wildman–Crippen LogP) is 4.29. The molecular formula is C33H38N4O5S. The second-order valence-corrected chi connectivity index (χ2v) is 12.8. The summed E-state index contributed by atoms with van der Waals surface area (Å²) in [6.45, 7) is 7.52. The number of nitrogens with one attached hydrogen (secondary N) is 3. The molecule has 3 unspecified atom stereocenters. The smallest absolute Gasteiger partial charge is 0.319 e. The van der Waals surface area contributed by atoms with E-state index in [0.29, 0.717) is 17.8 Å². The van der Waals surface area contributed by atoms with E-state index in [1.54, 1.807) is 24.3 Å². The van der Waals surface area contributed by atoms with Crippen LogP contribution in [-0.4, -0.2) is 62.4 Å². The number of urea groups is 1. The molecule has 1 aliphatic heterocycles. The van der Waals surface area contributed by atoms with Gasteiger partial charge in [-0.2, -0.15) is 0 Å². The molecule has 3 aromatic rings. The predicted molar refractivity (Wildman–Crippen MR) is 169 cm³/mol. The van der Waals surface area contributed by atoms with Crippen LogP contribution in [0.3, 0.4) is 0 Å². The van der Waals surface area contributed by atoms with Crippen LogP contribution in [0, 0.1) is 6.92 Å². The number of anilines is 1. The Labute approximate surface area is 256 Å². The minimum Gasteiger partial charge on any atom is -0.381 e. The number of hydrogen-bond donors (Lipinski definition) is 4. The Morgan fingerprint density at radius 3 is 2.40 bits per heavy atom. The van der Waals surface area contributed by atoms with Crippen molar-refractivity contribution in [2.24, 2.45) is 0 Å². The Morgan fingerprint density at radius 1 is 1.00 bits per heavy atom. The maximum Gasteiger partial charge on any atom is 0.319 e. The van der Waals surface area contributed by atoms with E-state index in [9.17, 15) is 24.3 Å². The van der Waals surface area contributed by atoms with Gasteiger partial charge in [0.1, 0.15) is 6.04 Å². The lowest BCUT2D eigenvalue weighted by molar-refractivity contribution is -0.147. The molecule has 0 aromatic heterocycles. The molecule has 4 rings (SSSR count). The van der Waals surface area contributed by atoms with Crippen molar-refractivity contribution in [3.63, 3.8) is 0 Å². The maximum absolute atomic E-state index is 13.8. The molecule has 1 heterocycles. The lowest BCUT2D eigenvalue weighted by atomic mass is 9.97. The first kappa shape index (κ1) is 31.8. The molecule has 0 spiro atoms. The normalized spacial score (nSPS) is 17.0. The van der Waals surface area contributed by atoms with Crippen LogP contribution in [0.15, 0.2) is 78.9 Å². The van der Waals surface area contributed by atoms with Gasteiger partial charge in [0, 0.05) is 22.5 Å². The number of aliphatic hydroxyl groups is 1. The van der Waals surface area contributed by atoms with Crippen LogP contribution in [0.25, 0.3) is 0 Å². The average molecular weight is 603 g/mol. The third-order valence-corrected chi connectivity index (χ3v) is 8.94. The fourth-order valence-electron chi connectivity index (χ4n) is 5.10. The number of thioether (sulfide) groups is 1. The zero-order valence-corrected chi connectivity index (χ0v) is 25.6. The summed E-state index contributed by atoms with van der Waals surface area (Å²) in [6, 6.07) is 21.0. The number of Topliss-reactive ketones (excluding diaryl/α,β-unsaturated/α-hetero) is 1. The molecule has 1 aliphatic rings. The van der Waals surface area contributed by atoms with Gasteiger partial charge in [-0.1, -0.05) is 66.7 Å². The Hall–Kier alpha value is -4.15. The Bertz CT molecular complexity index is 1480. The minimum atomic E-state index is -1.63. The highest BCUT2D eigenvalue weighted by atomic mass is 32.2. The maximum atomic E-state index is 13.8. The van der Waals surface area contributed by atoms with Gasteiger partial charge in [-0.05, 0) is 62.9 Å². The second kappa shape index (κ2) is 13.9. The summed E-state index contributed by atoms with van der Waals surface area (Å²) < 4.78 is -0.605. The SMILES string of the molecule is CC(=O)c1cccc(NC(=O)NC(Cc2ccccc2)C(O)C(=O)N2CSC(C)(C)C2C(=O)NCc2ccccc2C)c1. The Morgan fingerprint density at radius 2 is 1.70 bits per heavy atom. The summed E-state index contributed by atoms with van der Waals surface area (Å²) >= 11 is 1.46. The topological polar surface area (TPSA) is 128 Å². The van der Waals surface area contributed by atoms with E-state index in [4.69, 9.17) is 0 Å². The summed E-state index contributed by atoms with van der Waals surface area (Å²) in [4.78, 5) is 53.6. The van der Waals surface area contributed by atoms with Crippen LogP contribution in [0.4, 0.5) is 10.5 Å². The molecule has 0 aliphatic carbocycles. The number of aryl methyl sites for hydroxylation is 1. The van der Waals surface area contributed by atoms with Crippen molar-refractivity contribution >= 4 is 41.1 Å². The van der Waals surface area contributed by atoms with Crippen molar-refractivity contribution in [1.29, 1.82) is 0 Å². The lowest BCUT2D eigenvalue weighted by Gasteiger charge is -2.33. The molecule has 4 amide bonds. The third kappa shape index (κ3) is 8.03. The van der Waals surface area contributed by atoms with Gasteiger partial charge in [-0.15, -0.1) is 11.8 Å². The first-order chi connectivity index (χ1) is 20.5. The molecular weight excluding hydrogens is 564 g/mol. The lowest BCUT2D eigenvalue weighted by Crippen LogP contribution is -2.59. The molecule has 0 radical (unpaired) electrons. The summed E-state index contributed by atoms with van der Waals surface area (Å²) in [5, 5.41) is 19.8. The highest BCUT2D eigenvalue weighted by Gasteiger charge is 2.49. The first-order valence-corrected chi connectivity index (χ1v) is 15.1. The van der Waals surface area contributed by atoms with Gasteiger partial charge in [0.2, 0.25) is 5.91 Å². The third-order valence-electron chi connectivity index (χ3n) is 7.57. The summed E-state index contributed by atoms with van der Waals surface area (Å²) in [7, 11) is 0. The summed E-state index contributed by atoms with van der Waals surface area (Å²) in [5.41, 5.74) is 3.67. The number of hydrogen-bond acceptors (Lipinski definition) is 6. The summed E-state index contributed by atoms with van der Waals surface area (Å²) in [5.74, 6) is -0.882. The highest BCUT2D eigenvalue weighted by molar-refractivity contribution is 8.00.